The summed E-state index contributed by atoms with van der Waals surface area (Å²) in [7, 11) is 0. The van der Waals surface area contributed by atoms with Gasteiger partial charge in [0.05, 0.1) is 6.20 Å². The lowest BCUT2D eigenvalue weighted by molar-refractivity contribution is 0.618. The predicted molar refractivity (Wildman–Crippen MR) is 67.7 cm³/mol. The van der Waals surface area contributed by atoms with Crippen molar-refractivity contribution in [3.8, 4) is 11.3 Å². The summed E-state index contributed by atoms with van der Waals surface area (Å²) in [5.74, 6) is -0.497. The molecule has 0 aliphatic rings. The Bertz CT molecular complexity index is 725. The zero-order chi connectivity index (χ0) is 12.5. The molecule has 0 bridgehead atoms. The zero-order valence-corrected chi connectivity index (χ0v) is 9.89. The SMILES string of the molecule is Fc1cnc(Cl)nc1-c1cccc2cnccc12. The molecule has 0 aliphatic carbocycles. The average molecular weight is 260 g/mol. The van der Waals surface area contributed by atoms with Crippen LogP contribution in [0.4, 0.5) is 4.39 Å². The molecule has 0 radical (unpaired) electrons. The highest BCUT2D eigenvalue weighted by molar-refractivity contribution is 6.28. The zero-order valence-electron chi connectivity index (χ0n) is 9.14. The van der Waals surface area contributed by atoms with Crippen molar-refractivity contribution in [1.82, 2.24) is 15.0 Å². The van der Waals surface area contributed by atoms with Gasteiger partial charge in [-0.25, -0.2) is 14.4 Å². The van der Waals surface area contributed by atoms with Crippen LogP contribution >= 0.6 is 11.6 Å². The van der Waals surface area contributed by atoms with E-state index in [4.69, 9.17) is 11.6 Å². The van der Waals surface area contributed by atoms with Crippen LogP contribution in [0.2, 0.25) is 5.28 Å². The highest BCUT2D eigenvalue weighted by atomic mass is 35.5. The third-order valence-electron chi connectivity index (χ3n) is 2.65. The lowest BCUT2D eigenvalue weighted by atomic mass is 10.0. The first kappa shape index (κ1) is 11.0. The largest absolute Gasteiger partial charge is 0.264 e. The Balaban J connectivity index is 2.35. The first-order valence-corrected chi connectivity index (χ1v) is 5.64. The number of benzene rings is 1. The van der Waals surface area contributed by atoms with Crippen molar-refractivity contribution in [2.24, 2.45) is 0 Å². The normalized spacial score (nSPS) is 10.8. The van der Waals surface area contributed by atoms with Crippen molar-refractivity contribution in [3.05, 3.63) is 54.0 Å². The molecule has 0 fully saturated rings. The van der Waals surface area contributed by atoms with Crippen molar-refractivity contribution < 1.29 is 4.39 Å². The molecule has 3 aromatic rings. The van der Waals surface area contributed by atoms with Crippen LogP contribution in [0, 0.1) is 5.82 Å². The second-order valence-electron chi connectivity index (χ2n) is 3.74. The van der Waals surface area contributed by atoms with E-state index in [9.17, 15) is 4.39 Å². The Hall–Kier alpha value is -2.07. The van der Waals surface area contributed by atoms with E-state index in [0.717, 1.165) is 17.0 Å². The number of fused-ring (bicyclic) bond motifs is 1. The van der Waals surface area contributed by atoms with E-state index in [1.807, 2.05) is 18.2 Å². The summed E-state index contributed by atoms with van der Waals surface area (Å²) in [6.45, 7) is 0. The van der Waals surface area contributed by atoms with Crippen LogP contribution in [0.3, 0.4) is 0 Å². The molecule has 2 heterocycles. The number of aromatic nitrogens is 3. The molecule has 2 aromatic heterocycles. The van der Waals surface area contributed by atoms with Gasteiger partial charge in [-0.3, -0.25) is 4.98 Å². The summed E-state index contributed by atoms with van der Waals surface area (Å²) in [4.78, 5) is 11.6. The van der Waals surface area contributed by atoms with Crippen LogP contribution in [0.1, 0.15) is 0 Å². The van der Waals surface area contributed by atoms with Gasteiger partial charge in [-0.15, -0.1) is 0 Å². The van der Waals surface area contributed by atoms with Crippen LogP contribution < -0.4 is 0 Å². The van der Waals surface area contributed by atoms with Gasteiger partial charge in [0.25, 0.3) is 0 Å². The lowest BCUT2D eigenvalue weighted by Crippen LogP contribution is -1.93. The molecular weight excluding hydrogens is 253 g/mol. The molecule has 0 aliphatic heterocycles. The van der Waals surface area contributed by atoms with Gasteiger partial charge in [0.1, 0.15) is 5.69 Å². The fourth-order valence-electron chi connectivity index (χ4n) is 1.86. The maximum atomic E-state index is 13.8. The molecule has 0 N–H and O–H groups in total. The first-order valence-electron chi connectivity index (χ1n) is 5.27. The summed E-state index contributed by atoms with van der Waals surface area (Å²) >= 11 is 5.72. The van der Waals surface area contributed by atoms with Gasteiger partial charge in [-0.1, -0.05) is 18.2 Å². The molecular formula is C13H7ClFN3. The molecule has 3 nitrogen and oxygen atoms in total. The summed E-state index contributed by atoms with van der Waals surface area (Å²) in [6, 6.07) is 7.35. The van der Waals surface area contributed by atoms with E-state index in [0.29, 0.717) is 5.56 Å². The molecule has 0 spiro atoms. The van der Waals surface area contributed by atoms with E-state index in [1.165, 1.54) is 0 Å². The minimum absolute atomic E-state index is 0.0254. The van der Waals surface area contributed by atoms with Crippen molar-refractivity contribution in [2.75, 3.05) is 0 Å². The number of hydrogen-bond acceptors (Lipinski definition) is 3. The van der Waals surface area contributed by atoms with Gasteiger partial charge in [-0.2, -0.15) is 0 Å². The van der Waals surface area contributed by atoms with Crippen molar-refractivity contribution in [2.45, 2.75) is 0 Å². The molecule has 5 heteroatoms. The van der Waals surface area contributed by atoms with E-state index in [1.54, 1.807) is 18.5 Å². The molecule has 0 saturated heterocycles. The Labute approximate surface area is 107 Å². The van der Waals surface area contributed by atoms with Crippen LogP contribution in [0.5, 0.6) is 0 Å². The lowest BCUT2D eigenvalue weighted by Gasteiger charge is -2.06. The molecule has 0 saturated carbocycles. The smallest absolute Gasteiger partial charge is 0.223 e. The minimum atomic E-state index is -0.497. The molecule has 3 rings (SSSR count). The van der Waals surface area contributed by atoms with E-state index >= 15 is 0 Å². The Morgan fingerprint density at radius 3 is 2.89 bits per heavy atom. The van der Waals surface area contributed by atoms with Gasteiger partial charge in [-0.05, 0) is 23.1 Å². The number of pyridine rings is 1. The number of hydrogen-bond donors (Lipinski definition) is 0. The van der Waals surface area contributed by atoms with Crippen molar-refractivity contribution in [3.63, 3.8) is 0 Å². The van der Waals surface area contributed by atoms with Crippen LogP contribution in [-0.4, -0.2) is 15.0 Å². The van der Waals surface area contributed by atoms with Gasteiger partial charge >= 0.3 is 0 Å². The van der Waals surface area contributed by atoms with E-state index in [2.05, 4.69) is 15.0 Å². The Morgan fingerprint density at radius 2 is 2.00 bits per heavy atom. The summed E-state index contributed by atoms with van der Waals surface area (Å²) in [6.07, 6.45) is 4.46. The highest BCUT2D eigenvalue weighted by Crippen LogP contribution is 2.28. The molecule has 1 aromatic carbocycles. The second kappa shape index (κ2) is 4.31. The molecule has 0 amide bonds. The second-order valence-corrected chi connectivity index (χ2v) is 4.08. The van der Waals surface area contributed by atoms with Crippen molar-refractivity contribution >= 4 is 22.4 Å². The van der Waals surface area contributed by atoms with Crippen LogP contribution in [-0.2, 0) is 0 Å². The average Bonchev–Trinajstić information content (AvgIpc) is 2.41. The topological polar surface area (TPSA) is 38.7 Å². The molecule has 0 unspecified atom stereocenters. The summed E-state index contributed by atoms with van der Waals surface area (Å²) < 4.78 is 13.8. The van der Waals surface area contributed by atoms with Gasteiger partial charge in [0.15, 0.2) is 5.82 Å². The maximum absolute atomic E-state index is 13.8. The van der Waals surface area contributed by atoms with Gasteiger partial charge in [0, 0.05) is 23.3 Å². The van der Waals surface area contributed by atoms with Crippen LogP contribution in [0.15, 0.2) is 42.9 Å². The predicted octanol–water partition coefficient (Wildman–Crippen LogP) is 3.48. The molecule has 18 heavy (non-hydrogen) atoms. The van der Waals surface area contributed by atoms with Crippen molar-refractivity contribution in [1.29, 1.82) is 0 Å². The third kappa shape index (κ3) is 1.80. The van der Waals surface area contributed by atoms with E-state index in [-0.39, 0.29) is 11.0 Å². The Kier molecular flexibility index (Phi) is 2.64. The number of rotatable bonds is 1. The fourth-order valence-corrected chi connectivity index (χ4v) is 2.00. The molecule has 88 valence electrons. The maximum Gasteiger partial charge on any atom is 0.223 e. The summed E-state index contributed by atoms with van der Waals surface area (Å²) in [5, 5.41) is 1.82. The Morgan fingerprint density at radius 1 is 1.11 bits per heavy atom. The first-order chi connectivity index (χ1) is 8.75. The molecule has 0 atom stereocenters. The van der Waals surface area contributed by atoms with Crippen LogP contribution in [0.25, 0.3) is 22.0 Å². The number of halogens is 2. The third-order valence-corrected chi connectivity index (χ3v) is 2.83. The van der Waals surface area contributed by atoms with E-state index < -0.39 is 5.82 Å². The fraction of sp³-hybridized carbons (Fsp3) is 0. The van der Waals surface area contributed by atoms with Gasteiger partial charge in [0.2, 0.25) is 5.28 Å². The minimum Gasteiger partial charge on any atom is -0.264 e. The quantitative estimate of drug-likeness (QED) is 0.628. The number of nitrogens with zero attached hydrogens (tertiary/aromatic N) is 3. The van der Waals surface area contributed by atoms with Gasteiger partial charge < -0.3 is 0 Å². The monoisotopic (exact) mass is 259 g/mol. The summed E-state index contributed by atoms with van der Waals surface area (Å²) in [5.41, 5.74) is 0.878. The standard InChI is InChI=1S/C13H7ClFN3/c14-13-17-7-11(15)12(18-13)10-3-1-2-8-6-16-5-4-9(8)10/h1-7H. The highest BCUT2D eigenvalue weighted by Gasteiger charge is 2.11.